The van der Waals surface area contributed by atoms with Gasteiger partial charge >= 0.3 is 0 Å². The third-order valence-corrected chi connectivity index (χ3v) is 2.97. The third-order valence-electron chi connectivity index (χ3n) is 2.97. The maximum Gasteiger partial charge on any atom is 0.136 e. The highest BCUT2D eigenvalue weighted by Gasteiger charge is 2.04. The molecule has 104 valence electrons. The highest BCUT2D eigenvalue weighted by molar-refractivity contribution is 5.43. The molecular weight excluding hydrogens is 277 g/mol. The Morgan fingerprint density at radius 3 is 2.55 bits per heavy atom. The first-order valence-corrected chi connectivity index (χ1v) is 6.58. The quantitative estimate of drug-likeness (QED) is 0.644. The molecule has 0 aliphatic heterocycles. The predicted octanol–water partition coefficient (Wildman–Crippen LogP) is 3.28. The van der Waals surface area contributed by atoms with Crippen LogP contribution in [0.15, 0.2) is 60.8 Å². The van der Waals surface area contributed by atoms with Crippen molar-refractivity contribution < 1.29 is 4.39 Å². The smallest absolute Gasteiger partial charge is 0.136 e. The second-order valence-corrected chi connectivity index (χ2v) is 4.57. The largest absolute Gasteiger partial charge is 0.240 e. The Kier molecular flexibility index (Phi) is 3.68. The van der Waals surface area contributed by atoms with Crippen molar-refractivity contribution >= 4 is 0 Å². The number of nitriles is 1. The molecular formula is C18H10FN3. The molecule has 0 saturated carbocycles. The van der Waals surface area contributed by atoms with Crippen LogP contribution in [0, 0.1) is 29.0 Å². The zero-order valence-electron chi connectivity index (χ0n) is 11.5. The van der Waals surface area contributed by atoms with Crippen molar-refractivity contribution in [1.29, 1.82) is 5.26 Å². The molecule has 0 radical (unpaired) electrons. The molecule has 0 atom stereocenters. The van der Waals surface area contributed by atoms with Crippen molar-refractivity contribution in [1.82, 2.24) is 9.78 Å². The van der Waals surface area contributed by atoms with Crippen LogP contribution in [0.1, 0.15) is 16.8 Å². The van der Waals surface area contributed by atoms with Gasteiger partial charge in [0.1, 0.15) is 11.5 Å². The molecule has 3 nitrogen and oxygen atoms in total. The van der Waals surface area contributed by atoms with Gasteiger partial charge in [0.05, 0.1) is 17.3 Å². The van der Waals surface area contributed by atoms with Crippen LogP contribution < -0.4 is 0 Å². The van der Waals surface area contributed by atoms with Gasteiger partial charge in [0.2, 0.25) is 0 Å². The summed E-state index contributed by atoms with van der Waals surface area (Å²) < 4.78 is 15.0. The van der Waals surface area contributed by atoms with E-state index in [1.165, 1.54) is 16.8 Å². The number of hydrogen-bond acceptors (Lipinski definition) is 2. The lowest BCUT2D eigenvalue weighted by atomic mass is 10.2. The van der Waals surface area contributed by atoms with E-state index >= 15 is 0 Å². The summed E-state index contributed by atoms with van der Waals surface area (Å²) in [6.45, 7) is 0. The fraction of sp³-hybridized carbons (Fsp3) is 0. The number of halogens is 1. The summed E-state index contributed by atoms with van der Waals surface area (Å²) >= 11 is 0. The van der Waals surface area contributed by atoms with Crippen molar-refractivity contribution in [2.75, 3.05) is 0 Å². The van der Waals surface area contributed by atoms with Crippen LogP contribution in [0.5, 0.6) is 0 Å². The van der Waals surface area contributed by atoms with Crippen LogP contribution in [0.4, 0.5) is 4.39 Å². The Hall–Kier alpha value is -3.37. The summed E-state index contributed by atoms with van der Waals surface area (Å²) in [6.07, 6.45) is 1.69. The Morgan fingerprint density at radius 1 is 0.955 bits per heavy atom. The molecule has 0 aliphatic rings. The lowest BCUT2D eigenvalue weighted by Crippen LogP contribution is -1.97. The van der Waals surface area contributed by atoms with E-state index in [1.54, 1.807) is 18.3 Å². The first-order chi connectivity index (χ1) is 10.7. The molecule has 0 amide bonds. The van der Waals surface area contributed by atoms with Crippen molar-refractivity contribution in [2.45, 2.75) is 0 Å². The van der Waals surface area contributed by atoms with Gasteiger partial charge in [-0.1, -0.05) is 24.1 Å². The second-order valence-electron chi connectivity index (χ2n) is 4.57. The van der Waals surface area contributed by atoms with E-state index in [2.05, 4.69) is 16.9 Å². The van der Waals surface area contributed by atoms with Gasteiger partial charge in [-0.2, -0.15) is 10.4 Å². The highest BCUT2D eigenvalue weighted by atomic mass is 19.1. The molecule has 2 aromatic carbocycles. The van der Waals surface area contributed by atoms with E-state index < -0.39 is 5.82 Å². The molecule has 0 aliphatic carbocycles. The summed E-state index contributed by atoms with van der Waals surface area (Å²) in [5.41, 5.74) is 2.22. The van der Waals surface area contributed by atoms with Gasteiger partial charge in [-0.3, -0.25) is 0 Å². The number of nitrogens with zero attached hydrogens (tertiary/aromatic N) is 3. The topological polar surface area (TPSA) is 41.6 Å². The molecule has 4 heteroatoms. The average Bonchev–Trinajstić information content (AvgIpc) is 3.02. The molecule has 0 spiro atoms. The number of hydrogen-bond donors (Lipinski definition) is 0. The summed E-state index contributed by atoms with van der Waals surface area (Å²) in [5, 5.41) is 13.2. The van der Waals surface area contributed by atoms with Gasteiger partial charge in [-0.25, -0.2) is 9.07 Å². The SMILES string of the molecule is N#Cc1cc(F)cc(-n2ccc(C#Cc3ccccc3)n2)c1. The zero-order chi connectivity index (χ0) is 15.4. The van der Waals surface area contributed by atoms with Crippen LogP contribution in [-0.4, -0.2) is 9.78 Å². The Balaban J connectivity index is 1.90. The van der Waals surface area contributed by atoms with Gasteiger partial charge in [0.25, 0.3) is 0 Å². The third kappa shape index (κ3) is 3.03. The lowest BCUT2D eigenvalue weighted by molar-refractivity contribution is 0.625. The predicted molar refractivity (Wildman–Crippen MR) is 80.7 cm³/mol. The van der Waals surface area contributed by atoms with Gasteiger partial charge in [-0.15, -0.1) is 0 Å². The van der Waals surface area contributed by atoms with Crippen LogP contribution in [0.3, 0.4) is 0 Å². The fourth-order valence-electron chi connectivity index (χ4n) is 1.96. The van der Waals surface area contributed by atoms with E-state index in [0.29, 0.717) is 11.4 Å². The zero-order valence-corrected chi connectivity index (χ0v) is 11.5. The van der Waals surface area contributed by atoms with E-state index in [0.717, 1.165) is 5.56 Å². The Labute approximate surface area is 127 Å². The summed E-state index contributed by atoms with van der Waals surface area (Å²) in [7, 11) is 0. The van der Waals surface area contributed by atoms with Crippen molar-refractivity contribution in [3.63, 3.8) is 0 Å². The molecule has 0 fully saturated rings. The van der Waals surface area contributed by atoms with Crippen LogP contribution in [0.2, 0.25) is 0 Å². The number of aromatic nitrogens is 2. The van der Waals surface area contributed by atoms with Gasteiger partial charge in [0.15, 0.2) is 0 Å². The minimum atomic E-state index is -0.471. The first-order valence-electron chi connectivity index (χ1n) is 6.58. The molecule has 22 heavy (non-hydrogen) atoms. The minimum Gasteiger partial charge on any atom is -0.240 e. The Bertz CT molecular complexity index is 909. The van der Waals surface area contributed by atoms with Crippen LogP contribution in [-0.2, 0) is 0 Å². The monoisotopic (exact) mass is 287 g/mol. The maximum absolute atomic E-state index is 13.5. The molecule has 3 aromatic rings. The lowest BCUT2D eigenvalue weighted by Gasteiger charge is -2.01. The molecule has 0 unspecified atom stereocenters. The summed E-state index contributed by atoms with van der Waals surface area (Å²) in [5.74, 6) is 5.49. The average molecular weight is 287 g/mol. The first kappa shape index (κ1) is 13.6. The highest BCUT2D eigenvalue weighted by Crippen LogP contribution is 2.13. The van der Waals surface area contributed by atoms with E-state index in [-0.39, 0.29) is 5.56 Å². The molecule has 1 heterocycles. The van der Waals surface area contributed by atoms with Crippen LogP contribution >= 0.6 is 0 Å². The van der Waals surface area contributed by atoms with Gasteiger partial charge < -0.3 is 0 Å². The van der Waals surface area contributed by atoms with E-state index in [9.17, 15) is 4.39 Å². The summed E-state index contributed by atoms with van der Waals surface area (Å²) in [6, 6.07) is 17.3. The molecule has 0 saturated heterocycles. The van der Waals surface area contributed by atoms with Crippen LogP contribution in [0.25, 0.3) is 5.69 Å². The van der Waals surface area contributed by atoms with Crippen molar-refractivity contribution in [3.8, 4) is 23.6 Å². The molecule has 0 bridgehead atoms. The molecule has 1 aromatic heterocycles. The summed E-state index contributed by atoms with van der Waals surface area (Å²) in [4.78, 5) is 0. The van der Waals surface area contributed by atoms with Crippen molar-refractivity contribution in [2.24, 2.45) is 0 Å². The number of benzene rings is 2. The van der Waals surface area contributed by atoms with E-state index in [1.807, 2.05) is 36.4 Å². The van der Waals surface area contributed by atoms with Crippen molar-refractivity contribution in [3.05, 3.63) is 83.4 Å². The maximum atomic E-state index is 13.5. The minimum absolute atomic E-state index is 0.252. The normalized spacial score (nSPS) is 9.64. The number of rotatable bonds is 1. The standard InChI is InChI=1S/C18H10FN3/c19-16-10-15(13-20)11-18(12-16)22-9-8-17(21-22)7-6-14-4-2-1-3-5-14/h1-5,8-12H. The van der Waals surface area contributed by atoms with E-state index in [4.69, 9.17) is 5.26 Å². The second kappa shape index (κ2) is 5.95. The van der Waals surface area contributed by atoms with Gasteiger partial charge in [-0.05, 0) is 42.3 Å². The molecule has 0 N–H and O–H groups in total. The van der Waals surface area contributed by atoms with Gasteiger partial charge in [0, 0.05) is 11.8 Å². The fourth-order valence-corrected chi connectivity index (χ4v) is 1.96. The Morgan fingerprint density at radius 2 is 1.77 bits per heavy atom. The molecule has 3 rings (SSSR count).